The van der Waals surface area contributed by atoms with Gasteiger partial charge in [0.05, 0.1) is 18.9 Å². The number of aromatic nitrogens is 1. The van der Waals surface area contributed by atoms with Gasteiger partial charge >= 0.3 is 0 Å². The standard InChI is InChI=1S/C12H19N3O2/c1-9(6-13-2)7-15-12(16)10-4-5-14-8-11(10)17-3/h4-5,8-9,13H,6-7H2,1-3H3,(H,15,16). The molecule has 0 aliphatic rings. The van der Waals surface area contributed by atoms with Gasteiger partial charge in [0.2, 0.25) is 0 Å². The smallest absolute Gasteiger partial charge is 0.255 e. The molecule has 17 heavy (non-hydrogen) atoms. The molecular weight excluding hydrogens is 218 g/mol. The first-order chi connectivity index (χ1) is 8.19. The van der Waals surface area contributed by atoms with Gasteiger partial charge in [-0.1, -0.05) is 6.92 Å². The van der Waals surface area contributed by atoms with E-state index in [9.17, 15) is 4.79 Å². The number of methoxy groups -OCH3 is 1. The topological polar surface area (TPSA) is 63.2 Å². The molecule has 94 valence electrons. The molecule has 1 unspecified atom stereocenters. The normalized spacial score (nSPS) is 11.9. The maximum absolute atomic E-state index is 11.9. The van der Waals surface area contributed by atoms with Gasteiger partial charge in [0, 0.05) is 12.7 Å². The summed E-state index contributed by atoms with van der Waals surface area (Å²) in [4.78, 5) is 15.8. The summed E-state index contributed by atoms with van der Waals surface area (Å²) < 4.78 is 5.09. The van der Waals surface area contributed by atoms with Gasteiger partial charge in [-0.2, -0.15) is 0 Å². The van der Waals surface area contributed by atoms with E-state index in [0.717, 1.165) is 6.54 Å². The number of rotatable bonds is 6. The molecule has 0 spiro atoms. The van der Waals surface area contributed by atoms with Crippen molar-refractivity contribution in [2.45, 2.75) is 6.92 Å². The van der Waals surface area contributed by atoms with Gasteiger partial charge in [0.15, 0.2) is 0 Å². The molecule has 5 heteroatoms. The fourth-order valence-electron chi connectivity index (χ4n) is 1.51. The van der Waals surface area contributed by atoms with Gasteiger partial charge in [-0.3, -0.25) is 9.78 Å². The second-order valence-corrected chi connectivity index (χ2v) is 3.95. The summed E-state index contributed by atoms with van der Waals surface area (Å²) in [5.41, 5.74) is 0.513. The van der Waals surface area contributed by atoms with E-state index >= 15 is 0 Å². The lowest BCUT2D eigenvalue weighted by molar-refractivity contribution is 0.0945. The van der Waals surface area contributed by atoms with Crippen molar-refractivity contribution in [2.24, 2.45) is 5.92 Å². The first-order valence-corrected chi connectivity index (χ1v) is 5.59. The predicted molar refractivity (Wildman–Crippen MR) is 66.2 cm³/mol. The lowest BCUT2D eigenvalue weighted by Gasteiger charge is -2.13. The molecule has 0 saturated carbocycles. The third kappa shape index (κ3) is 4.03. The van der Waals surface area contributed by atoms with E-state index < -0.39 is 0 Å². The first-order valence-electron chi connectivity index (χ1n) is 5.59. The number of ether oxygens (including phenoxy) is 1. The van der Waals surface area contributed by atoms with Crippen LogP contribution in [-0.4, -0.2) is 38.1 Å². The molecule has 1 rings (SSSR count). The van der Waals surface area contributed by atoms with Crippen molar-refractivity contribution in [1.29, 1.82) is 0 Å². The van der Waals surface area contributed by atoms with E-state index in [1.165, 1.54) is 13.3 Å². The maximum atomic E-state index is 11.9. The Bertz CT molecular complexity index is 369. The Morgan fingerprint density at radius 2 is 2.29 bits per heavy atom. The first kappa shape index (κ1) is 13.4. The lowest BCUT2D eigenvalue weighted by atomic mass is 10.1. The van der Waals surface area contributed by atoms with Crippen LogP contribution in [-0.2, 0) is 0 Å². The van der Waals surface area contributed by atoms with Crippen LogP contribution in [0.4, 0.5) is 0 Å². The third-order valence-corrected chi connectivity index (χ3v) is 2.41. The van der Waals surface area contributed by atoms with E-state index in [1.54, 1.807) is 12.3 Å². The molecule has 5 nitrogen and oxygen atoms in total. The fourth-order valence-corrected chi connectivity index (χ4v) is 1.51. The van der Waals surface area contributed by atoms with Crippen LogP contribution < -0.4 is 15.4 Å². The zero-order chi connectivity index (χ0) is 12.7. The molecule has 1 atom stereocenters. The quantitative estimate of drug-likeness (QED) is 0.763. The molecule has 0 aromatic carbocycles. The molecule has 1 aromatic heterocycles. The molecule has 1 amide bonds. The van der Waals surface area contributed by atoms with Crippen molar-refractivity contribution in [2.75, 3.05) is 27.2 Å². The maximum Gasteiger partial charge on any atom is 0.255 e. The van der Waals surface area contributed by atoms with Gasteiger partial charge in [0.1, 0.15) is 5.75 Å². The third-order valence-electron chi connectivity index (χ3n) is 2.41. The Morgan fingerprint density at radius 3 is 2.94 bits per heavy atom. The summed E-state index contributed by atoms with van der Waals surface area (Å²) in [6.45, 7) is 3.57. The van der Waals surface area contributed by atoms with Gasteiger partial charge in [-0.15, -0.1) is 0 Å². The zero-order valence-electron chi connectivity index (χ0n) is 10.5. The Hall–Kier alpha value is -1.62. The van der Waals surface area contributed by atoms with E-state index in [-0.39, 0.29) is 5.91 Å². The van der Waals surface area contributed by atoms with Crippen molar-refractivity contribution in [3.63, 3.8) is 0 Å². The number of carbonyl (C=O) groups is 1. The number of nitrogens with zero attached hydrogens (tertiary/aromatic N) is 1. The van der Waals surface area contributed by atoms with E-state index in [2.05, 4.69) is 22.5 Å². The largest absolute Gasteiger partial charge is 0.494 e. The number of amides is 1. The number of carbonyl (C=O) groups excluding carboxylic acids is 1. The van der Waals surface area contributed by atoms with Crippen molar-refractivity contribution in [3.05, 3.63) is 24.0 Å². The van der Waals surface area contributed by atoms with Crippen LogP contribution in [0.5, 0.6) is 5.75 Å². The molecular formula is C12H19N3O2. The number of hydrogen-bond donors (Lipinski definition) is 2. The molecule has 2 N–H and O–H groups in total. The van der Waals surface area contributed by atoms with Gasteiger partial charge in [-0.25, -0.2) is 0 Å². The average Bonchev–Trinajstić information content (AvgIpc) is 2.36. The average molecular weight is 237 g/mol. The van der Waals surface area contributed by atoms with Gasteiger partial charge < -0.3 is 15.4 Å². The summed E-state index contributed by atoms with van der Waals surface area (Å²) in [7, 11) is 3.42. The molecule has 0 aliphatic carbocycles. The molecule has 0 aliphatic heterocycles. The monoisotopic (exact) mass is 237 g/mol. The molecule has 0 fully saturated rings. The number of pyridine rings is 1. The lowest BCUT2D eigenvalue weighted by Crippen LogP contribution is -2.32. The number of nitrogens with one attached hydrogen (secondary N) is 2. The van der Waals surface area contributed by atoms with E-state index in [0.29, 0.717) is 23.8 Å². The molecule has 1 aromatic rings. The van der Waals surface area contributed by atoms with Crippen molar-refractivity contribution >= 4 is 5.91 Å². The van der Waals surface area contributed by atoms with Crippen molar-refractivity contribution < 1.29 is 9.53 Å². The Balaban J connectivity index is 2.58. The molecule has 0 saturated heterocycles. The highest BCUT2D eigenvalue weighted by Crippen LogP contribution is 2.15. The highest BCUT2D eigenvalue weighted by Gasteiger charge is 2.12. The summed E-state index contributed by atoms with van der Waals surface area (Å²) >= 11 is 0. The second-order valence-electron chi connectivity index (χ2n) is 3.95. The zero-order valence-corrected chi connectivity index (χ0v) is 10.5. The van der Waals surface area contributed by atoms with Crippen LogP contribution in [0.15, 0.2) is 18.5 Å². The second kappa shape index (κ2) is 6.85. The van der Waals surface area contributed by atoms with Crippen LogP contribution in [0.1, 0.15) is 17.3 Å². The minimum absolute atomic E-state index is 0.132. The molecule has 0 radical (unpaired) electrons. The Morgan fingerprint density at radius 1 is 1.53 bits per heavy atom. The van der Waals surface area contributed by atoms with Crippen LogP contribution in [0.2, 0.25) is 0 Å². The summed E-state index contributed by atoms with van der Waals surface area (Å²) in [5.74, 6) is 0.746. The van der Waals surface area contributed by atoms with Gasteiger partial charge in [-0.05, 0) is 25.6 Å². The van der Waals surface area contributed by atoms with Crippen molar-refractivity contribution in [1.82, 2.24) is 15.6 Å². The Labute approximate surface area is 102 Å². The van der Waals surface area contributed by atoms with Crippen LogP contribution in [0, 0.1) is 5.92 Å². The molecule has 1 heterocycles. The van der Waals surface area contributed by atoms with Crippen LogP contribution in [0.25, 0.3) is 0 Å². The van der Waals surface area contributed by atoms with Gasteiger partial charge in [0.25, 0.3) is 5.91 Å². The summed E-state index contributed by atoms with van der Waals surface area (Å²) in [6, 6.07) is 1.65. The highest BCUT2D eigenvalue weighted by atomic mass is 16.5. The minimum atomic E-state index is -0.132. The summed E-state index contributed by atoms with van der Waals surface area (Å²) in [6.07, 6.45) is 3.11. The van der Waals surface area contributed by atoms with E-state index in [1.807, 2.05) is 7.05 Å². The van der Waals surface area contributed by atoms with Crippen LogP contribution in [0.3, 0.4) is 0 Å². The van der Waals surface area contributed by atoms with Crippen molar-refractivity contribution in [3.8, 4) is 5.75 Å². The highest BCUT2D eigenvalue weighted by molar-refractivity contribution is 5.96. The van der Waals surface area contributed by atoms with Crippen LogP contribution >= 0.6 is 0 Å². The SMILES string of the molecule is CNCC(C)CNC(=O)c1ccncc1OC. The fraction of sp³-hybridized carbons (Fsp3) is 0.500. The number of hydrogen-bond acceptors (Lipinski definition) is 4. The Kier molecular flexibility index (Phi) is 5.42. The predicted octanol–water partition coefficient (Wildman–Crippen LogP) is 0.675. The minimum Gasteiger partial charge on any atom is -0.494 e. The summed E-state index contributed by atoms with van der Waals surface area (Å²) in [5, 5.41) is 5.94. The van der Waals surface area contributed by atoms with E-state index in [4.69, 9.17) is 4.74 Å². The molecule has 0 bridgehead atoms.